The van der Waals surface area contributed by atoms with Crippen molar-refractivity contribution in [2.45, 2.75) is 40.2 Å². The lowest BCUT2D eigenvalue weighted by molar-refractivity contribution is 0.523. The molecule has 0 bridgehead atoms. The van der Waals surface area contributed by atoms with Gasteiger partial charge in [0, 0.05) is 13.1 Å². The molecular weight excluding hydrogens is 320 g/mol. The molecule has 2 aromatic rings. The van der Waals surface area contributed by atoms with Crippen molar-refractivity contribution in [3.05, 3.63) is 4.73 Å². The van der Waals surface area contributed by atoms with Crippen molar-refractivity contribution in [3.63, 3.8) is 0 Å². The van der Waals surface area contributed by atoms with Crippen LogP contribution in [0.25, 0.3) is 11.2 Å². The number of nitrogens with one attached hydrogen (secondary N) is 1. The zero-order chi connectivity index (χ0) is 14.7. The lowest BCUT2D eigenvalue weighted by Gasteiger charge is -2.09. The predicted molar refractivity (Wildman–Crippen MR) is 85.7 cm³/mol. The van der Waals surface area contributed by atoms with Crippen molar-refractivity contribution in [3.8, 4) is 0 Å². The molecule has 0 aliphatic heterocycles. The van der Waals surface area contributed by atoms with E-state index in [4.69, 9.17) is 5.73 Å². The van der Waals surface area contributed by atoms with E-state index in [2.05, 4.69) is 57.0 Å². The van der Waals surface area contributed by atoms with Gasteiger partial charge in [-0.15, -0.1) is 0 Å². The lowest BCUT2D eigenvalue weighted by Crippen LogP contribution is -2.09. The van der Waals surface area contributed by atoms with Crippen molar-refractivity contribution in [2.24, 2.45) is 5.92 Å². The number of nitrogen functional groups attached to an aromatic ring is 1. The molecule has 2 rings (SSSR count). The molecule has 0 saturated carbocycles. The van der Waals surface area contributed by atoms with Crippen LogP contribution in [0.1, 0.15) is 33.6 Å². The van der Waals surface area contributed by atoms with E-state index in [1.165, 1.54) is 0 Å². The van der Waals surface area contributed by atoms with E-state index in [0.29, 0.717) is 23.2 Å². The quantitative estimate of drug-likeness (QED) is 0.623. The predicted octanol–water partition coefficient (Wildman–Crippen LogP) is 3.04. The Morgan fingerprint density at radius 3 is 2.70 bits per heavy atom. The van der Waals surface area contributed by atoms with Crippen molar-refractivity contribution >= 4 is 38.9 Å². The number of rotatable bonds is 6. The van der Waals surface area contributed by atoms with E-state index in [0.717, 1.165) is 36.3 Å². The molecule has 0 saturated heterocycles. The van der Waals surface area contributed by atoms with Crippen LogP contribution in [0.4, 0.5) is 11.8 Å². The Balaban J connectivity index is 2.39. The molecule has 0 fully saturated rings. The first-order valence-electron chi connectivity index (χ1n) is 6.96. The molecule has 0 aliphatic rings. The van der Waals surface area contributed by atoms with Gasteiger partial charge in [-0.2, -0.15) is 9.97 Å². The Kier molecular flexibility index (Phi) is 4.80. The summed E-state index contributed by atoms with van der Waals surface area (Å²) in [6, 6.07) is 0. The first kappa shape index (κ1) is 15.0. The number of aromatic nitrogens is 4. The molecule has 0 unspecified atom stereocenters. The maximum absolute atomic E-state index is 5.99. The second-order valence-electron chi connectivity index (χ2n) is 5.27. The summed E-state index contributed by atoms with van der Waals surface area (Å²) in [4.78, 5) is 13.2. The van der Waals surface area contributed by atoms with Crippen LogP contribution in [0.3, 0.4) is 0 Å². The fourth-order valence-electron chi connectivity index (χ4n) is 1.98. The number of unbranched alkanes of at least 4 members (excludes halogenated alkanes) is 1. The number of hydrogen-bond acceptors (Lipinski definition) is 5. The first-order chi connectivity index (χ1) is 9.52. The molecule has 0 spiro atoms. The summed E-state index contributed by atoms with van der Waals surface area (Å²) >= 11 is 3.47. The summed E-state index contributed by atoms with van der Waals surface area (Å²) in [5, 5.41) is 3.21. The van der Waals surface area contributed by atoms with Crippen LogP contribution in [0.15, 0.2) is 4.73 Å². The highest BCUT2D eigenvalue weighted by atomic mass is 79.9. The molecule has 2 heterocycles. The Hall–Kier alpha value is -1.37. The summed E-state index contributed by atoms with van der Waals surface area (Å²) in [6.45, 7) is 8.14. The van der Waals surface area contributed by atoms with Crippen LogP contribution >= 0.6 is 15.9 Å². The van der Waals surface area contributed by atoms with Gasteiger partial charge in [0.25, 0.3) is 0 Å². The van der Waals surface area contributed by atoms with E-state index < -0.39 is 0 Å². The van der Waals surface area contributed by atoms with E-state index in [1.54, 1.807) is 0 Å². The van der Waals surface area contributed by atoms with E-state index in [-0.39, 0.29) is 0 Å². The second-order valence-corrected chi connectivity index (χ2v) is 5.98. The third kappa shape index (κ3) is 3.20. The van der Waals surface area contributed by atoms with E-state index in [1.807, 2.05) is 4.57 Å². The number of nitrogens with zero attached hydrogens (tertiary/aromatic N) is 4. The molecule has 110 valence electrons. The molecule has 6 nitrogen and oxygen atoms in total. The fourth-order valence-corrected chi connectivity index (χ4v) is 2.47. The Labute approximate surface area is 127 Å². The maximum Gasteiger partial charge on any atom is 0.226 e. The lowest BCUT2D eigenvalue weighted by atomic mass is 10.2. The molecule has 0 aliphatic carbocycles. The molecule has 0 aromatic carbocycles. The van der Waals surface area contributed by atoms with Gasteiger partial charge in [-0.25, -0.2) is 4.98 Å². The van der Waals surface area contributed by atoms with Crippen molar-refractivity contribution < 1.29 is 0 Å². The highest BCUT2D eigenvalue weighted by Crippen LogP contribution is 2.24. The Bertz CT molecular complexity index is 592. The fraction of sp³-hybridized carbons (Fsp3) is 0.615. The van der Waals surface area contributed by atoms with Gasteiger partial charge in [-0.05, 0) is 28.3 Å². The highest BCUT2D eigenvalue weighted by Gasteiger charge is 2.15. The standard InChI is InChI=1S/C13H21BrN6/c1-4-5-6-16-13-18-10(15)9-11(19-13)20(7-8(2)3)12(14)17-9/h8H,4-7H2,1-3H3,(H3,15,16,18,19). The molecule has 20 heavy (non-hydrogen) atoms. The summed E-state index contributed by atoms with van der Waals surface area (Å²) in [7, 11) is 0. The van der Waals surface area contributed by atoms with Gasteiger partial charge in [0.05, 0.1) is 0 Å². The minimum absolute atomic E-state index is 0.414. The van der Waals surface area contributed by atoms with Crippen molar-refractivity contribution in [1.82, 2.24) is 19.5 Å². The maximum atomic E-state index is 5.99. The van der Waals surface area contributed by atoms with Gasteiger partial charge in [-0.3, -0.25) is 0 Å². The Morgan fingerprint density at radius 1 is 1.30 bits per heavy atom. The van der Waals surface area contributed by atoms with Crippen LogP contribution in [0.5, 0.6) is 0 Å². The van der Waals surface area contributed by atoms with E-state index in [9.17, 15) is 0 Å². The number of halogens is 1. The largest absolute Gasteiger partial charge is 0.382 e. The molecule has 0 radical (unpaired) electrons. The average molecular weight is 341 g/mol. The minimum atomic E-state index is 0.414. The smallest absolute Gasteiger partial charge is 0.226 e. The highest BCUT2D eigenvalue weighted by molar-refractivity contribution is 9.10. The van der Waals surface area contributed by atoms with Crippen molar-refractivity contribution in [2.75, 3.05) is 17.6 Å². The molecule has 7 heteroatoms. The minimum Gasteiger partial charge on any atom is -0.382 e. The number of anilines is 2. The summed E-state index contributed by atoms with van der Waals surface area (Å²) in [5.74, 6) is 1.48. The van der Waals surface area contributed by atoms with Gasteiger partial charge in [0.2, 0.25) is 5.95 Å². The molecule has 0 amide bonds. The zero-order valence-corrected chi connectivity index (χ0v) is 13.7. The van der Waals surface area contributed by atoms with Gasteiger partial charge in [0.1, 0.15) is 0 Å². The van der Waals surface area contributed by atoms with Crippen LogP contribution in [0.2, 0.25) is 0 Å². The molecule has 2 aromatic heterocycles. The van der Waals surface area contributed by atoms with Crippen molar-refractivity contribution in [1.29, 1.82) is 0 Å². The first-order valence-corrected chi connectivity index (χ1v) is 7.75. The number of imidazole rings is 1. The van der Waals surface area contributed by atoms with Crippen LogP contribution < -0.4 is 11.1 Å². The van der Waals surface area contributed by atoms with Crippen LogP contribution in [-0.4, -0.2) is 26.1 Å². The normalized spacial score (nSPS) is 11.4. The third-order valence-electron chi connectivity index (χ3n) is 2.94. The van der Waals surface area contributed by atoms with Gasteiger partial charge in [0.15, 0.2) is 21.7 Å². The number of nitrogens with two attached hydrogens (primary N) is 1. The van der Waals surface area contributed by atoms with Crippen LogP contribution in [0, 0.1) is 5.92 Å². The SMILES string of the molecule is CCCCNc1nc(N)c2nc(Br)n(CC(C)C)c2n1. The monoisotopic (exact) mass is 340 g/mol. The molecule has 3 N–H and O–H groups in total. The molecular formula is C13H21BrN6. The summed E-state index contributed by atoms with van der Waals surface area (Å²) < 4.78 is 2.77. The van der Waals surface area contributed by atoms with Gasteiger partial charge >= 0.3 is 0 Å². The van der Waals surface area contributed by atoms with Gasteiger partial charge < -0.3 is 15.6 Å². The second kappa shape index (κ2) is 6.39. The molecule has 0 atom stereocenters. The summed E-state index contributed by atoms with van der Waals surface area (Å²) in [6.07, 6.45) is 2.21. The topological polar surface area (TPSA) is 81.6 Å². The zero-order valence-electron chi connectivity index (χ0n) is 12.1. The van der Waals surface area contributed by atoms with E-state index >= 15 is 0 Å². The van der Waals surface area contributed by atoms with Gasteiger partial charge in [-0.1, -0.05) is 27.2 Å². The third-order valence-corrected chi connectivity index (χ3v) is 3.54. The average Bonchev–Trinajstić information content (AvgIpc) is 2.68. The summed E-state index contributed by atoms with van der Waals surface area (Å²) in [5.41, 5.74) is 7.41. The Morgan fingerprint density at radius 2 is 2.05 bits per heavy atom. The number of fused-ring (bicyclic) bond motifs is 1. The number of hydrogen-bond donors (Lipinski definition) is 2. The van der Waals surface area contributed by atoms with Crippen LogP contribution in [-0.2, 0) is 6.54 Å².